The molecule has 1 fully saturated rings. The predicted molar refractivity (Wildman–Crippen MR) is 50.8 cm³/mol. The van der Waals surface area contributed by atoms with E-state index in [1.807, 2.05) is 13.8 Å². The van der Waals surface area contributed by atoms with Crippen molar-refractivity contribution >= 4 is 0 Å². The number of rotatable bonds is 1. The van der Waals surface area contributed by atoms with E-state index in [9.17, 15) is 5.11 Å². The van der Waals surface area contributed by atoms with E-state index in [-0.39, 0.29) is 11.6 Å². The van der Waals surface area contributed by atoms with E-state index < -0.39 is 0 Å². The number of nitrogens with two attached hydrogens (primary N) is 1. The SMILES string of the molecule is C/C=C/[C@@H]1CC[C@](C)(N)[C@@H](O)C1. The largest absolute Gasteiger partial charge is 0.391 e. The van der Waals surface area contributed by atoms with Crippen LogP contribution in [-0.2, 0) is 0 Å². The molecule has 3 atom stereocenters. The topological polar surface area (TPSA) is 46.2 Å². The molecule has 1 aliphatic carbocycles. The van der Waals surface area contributed by atoms with Gasteiger partial charge in [-0.15, -0.1) is 0 Å². The third-order valence-electron chi connectivity index (χ3n) is 2.81. The molecule has 1 saturated carbocycles. The number of hydrogen-bond acceptors (Lipinski definition) is 2. The second kappa shape index (κ2) is 3.58. The Morgan fingerprint density at radius 2 is 2.25 bits per heavy atom. The second-order valence-electron chi connectivity index (χ2n) is 4.08. The molecule has 12 heavy (non-hydrogen) atoms. The maximum atomic E-state index is 9.68. The first-order valence-electron chi connectivity index (χ1n) is 4.66. The fourth-order valence-corrected chi connectivity index (χ4v) is 1.78. The fourth-order valence-electron chi connectivity index (χ4n) is 1.78. The van der Waals surface area contributed by atoms with Crippen molar-refractivity contribution in [1.29, 1.82) is 0 Å². The highest BCUT2D eigenvalue weighted by Crippen LogP contribution is 2.30. The Hall–Kier alpha value is -0.340. The summed E-state index contributed by atoms with van der Waals surface area (Å²) in [6, 6.07) is 0. The van der Waals surface area contributed by atoms with E-state index in [1.165, 1.54) is 0 Å². The van der Waals surface area contributed by atoms with Crippen LogP contribution >= 0.6 is 0 Å². The van der Waals surface area contributed by atoms with Gasteiger partial charge < -0.3 is 10.8 Å². The summed E-state index contributed by atoms with van der Waals surface area (Å²) in [5, 5.41) is 9.68. The normalized spacial score (nSPS) is 43.7. The lowest BCUT2D eigenvalue weighted by Gasteiger charge is -2.37. The Kier molecular flexibility index (Phi) is 2.91. The predicted octanol–water partition coefficient (Wildman–Crippen LogP) is 1.44. The highest BCUT2D eigenvalue weighted by Gasteiger charge is 2.34. The molecule has 0 saturated heterocycles. The molecule has 1 rings (SSSR count). The van der Waals surface area contributed by atoms with Crippen LogP contribution in [0.4, 0.5) is 0 Å². The van der Waals surface area contributed by atoms with Crippen LogP contribution in [0.2, 0.25) is 0 Å². The van der Waals surface area contributed by atoms with Gasteiger partial charge in [-0.3, -0.25) is 0 Å². The molecule has 0 aromatic heterocycles. The van der Waals surface area contributed by atoms with Crippen LogP contribution in [0.3, 0.4) is 0 Å². The van der Waals surface area contributed by atoms with Gasteiger partial charge in [-0.1, -0.05) is 12.2 Å². The van der Waals surface area contributed by atoms with Crippen molar-refractivity contribution in [2.75, 3.05) is 0 Å². The van der Waals surface area contributed by atoms with Gasteiger partial charge in [0, 0.05) is 5.54 Å². The van der Waals surface area contributed by atoms with Crippen molar-refractivity contribution in [2.24, 2.45) is 11.7 Å². The maximum absolute atomic E-state index is 9.68. The molecule has 3 N–H and O–H groups in total. The lowest BCUT2D eigenvalue weighted by atomic mass is 9.76. The summed E-state index contributed by atoms with van der Waals surface area (Å²) in [7, 11) is 0. The van der Waals surface area contributed by atoms with Crippen molar-refractivity contribution < 1.29 is 5.11 Å². The standard InChI is InChI=1S/C10H19NO/c1-3-4-8-5-6-10(2,11)9(12)7-8/h3-4,8-9,12H,5-7,11H2,1-2H3/b4-3+/t8-,9+,10+/m1/s1. The zero-order valence-corrected chi connectivity index (χ0v) is 7.96. The summed E-state index contributed by atoms with van der Waals surface area (Å²) in [6.45, 7) is 3.95. The van der Waals surface area contributed by atoms with E-state index in [4.69, 9.17) is 5.73 Å². The molecule has 1 aliphatic rings. The first-order chi connectivity index (χ1) is 5.56. The summed E-state index contributed by atoms with van der Waals surface area (Å²) in [5.74, 6) is 0.529. The molecule has 70 valence electrons. The molecule has 0 bridgehead atoms. The molecule has 0 unspecified atom stereocenters. The molecule has 0 heterocycles. The quantitative estimate of drug-likeness (QED) is 0.583. The van der Waals surface area contributed by atoms with Gasteiger partial charge in [0.1, 0.15) is 0 Å². The van der Waals surface area contributed by atoms with Gasteiger partial charge in [0.25, 0.3) is 0 Å². The zero-order chi connectivity index (χ0) is 9.19. The van der Waals surface area contributed by atoms with Gasteiger partial charge in [0.2, 0.25) is 0 Å². The zero-order valence-electron chi connectivity index (χ0n) is 7.96. The molecule has 0 aliphatic heterocycles. The first kappa shape index (κ1) is 9.75. The van der Waals surface area contributed by atoms with Gasteiger partial charge in [0.15, 0.2) is 0 Å². The lowest BCUT2D eigenvalue weighted by molar-refractivity contribution is 0.0425. The van der Waals surface area contributed by atoms with E-state index in [1.54, 1.807) is 0 Å². The van der Waals surface area contributed by atoms with Crippen LogP contribution in [0.5, 0.6) is 0 Å². The van der Waals surface area contributed by atoms with Crippen LogP contribution in [0.25, 0.3) is 0 Å². The lowest BCUT2D eigenvalue weighted by Crippen LogP contribution is -2.51. The van der Waals surface area contributed by atoms with Crippen molar-refractivity contribution in [3.05, 3.63) is 12.2 Å². The summed E-state index contributed by atoms with van der Waals surface area (Å²) in [5.41, 5.74) is 5.54. The van der Waals surface area contributed by atoms with Gasteiger partial charge in [-0.25, -0.2) is 0 Å². The van der Waals surface area contributed by atoms with E-state index in [0.29, 0.717) is 5.92 Å². The Morgan fingerprint density at radius 3 is 2.75 bits per heavy atom. The molecular formula is C10H19NO. The molecular weight excluding hydrogens is 150 g/mol. The minimum atomic E-state index is -0.363. The van der Waals surface area contributed by atoms with Crippen LogP contribution in [0.1, 0.15) is 33.1 Å². The van der Waals surface area contributed by atoms with Crippen molar-refractivity contribution in [3.8, 4) is 0 Å². The second-order valence-corrected chi connectivity index (χ2v) is 4.08. The first-order valence-corrected chi connectivity index (χ1v) is 4.66. The van der Waals surface area contributed by atoms with Gasteiger partial charge in [-0.05, 0) is 39.0 Å². The average molecular weight is 169 g/mol. The highest BCUT2D eigenvalue weighted by atomic mass is 16.3. The smallest absolute Gasteiger partial charge is 0.0722 e. The highest BCUT2D eigenvalue weighted by molar-refractivity contribution is 4.98. The number of aliphatic hydroxyl groups is 1. The van der Waals surface area contributed by atoms with Gasteiger partial charge >= 0.3 is 0 Å². The van der Waals surface area contributed by atoms with E-state index in [0.717, 1.165) is 19.3 Å². The fraction of sp³-hybridized carbons (Fsp3) is 0.800. The molecule has 0 aromatic carbocycles. The molecule has 0 radical (unpaired) electrons. The average Bonchev–Trinajstić information content (AvgIpc) is 1.98. The Bertz CT molecular complexity index is 175. The van der Waals surface area contributed by atoms with Crippen molar-refractivity contribution in [1.82, 2.24) is 0 Å². The Labute approximate surface area is 74.5 Å². The Balaban J connectivity index is 2.52. The van der Waals surface area contributed by atoms with Crippen LogP contribution < -0.4 is 5.73 Å². The third-order valence-corrected chi connectivity index (χ3v) is 2.81. The molecule has 0 spiro atoms. The molecule has 0 aromatic rings. The van der Waals surface area contributed by atoms with Crippen LogP contribution in [0, 0.1) is 5.92 Å². The van der Waals surface area contributed by atoms with Crippen molar-refractivity contribution in [2.45, 2.75) is 44.8 Å². The van der Waals surface area contributed by atoms with Crippen LogP contribution in [0.15, 0.2) is 12.2 Å². The molecule has 2 nitrogen and oxygen atoms in total. The van der Waals surface area contributed by atoms with Gasteiger partial charge in [-0.2, -0.15) is 0 Å². The van der Waals surface area contributed by atoms with E-state index in [2.05, 4.69) is 12.2 Å². The minimum absolute atomic E-state index is 0.340. The molecule has 0 amide bonds. The van der Waals surface area contributed by atoms with E-state index >= 15 is 0 Å². The minimum Gasteiger partial charge on any atom is -0.391 e. The Morgan fingerprint density at radius 1 is 1.58 bits per heavy atom. The third kappa shape index (κ3) is 2.08. The summed E-state index contributed by atoms with van der Waals surface area (Å²) in [4.78, 5) is 0. The number of aliphatic hydroxyl groups excluding tert-OH is 1. The maximum Gasteiger partial charge on any atom is 0.0722 e. The summed E-state index contributed by atoms with van der Waals surface area (Å²) < 4.78 is 0. The van der Waals surface area contributed by atoms with Gasteiger partial charge in [0.05, 0.1) is 6.10 Å². The van der Waals surface area contributed by atoms with Crippen LogP contribution in [-0.4, -0.2) is 16.7 Å². The number of allylic oxidation sites excluding steroid dienone is 2. The summed E-state index contributed by atoms with van der Waals surface area (Å²) in [6.07, 6.45) is 6.72. The number of hydrogen-bond donors (Lipinski definition) is 2. The molecule has 2 heteroatoms. The summed E-state index contributed by atoms with van der Waals surface area (Å²) >= 11 is 0. The monoisotopic (exact) mass is 169 g/mol. The van der Waals surface area contributed by atoms with Crippen molar-refractivity contribution in [3.63, 3.8) is 0 Å².